The summed E-state index contributed by atoms with van der Waals surface area (Å²) in [6.07, 6.45) is 0.435. The summed E-state index contributed by atoms with van der Waals surface area (Å²) < 4.78 is 0. The number of nitrogens with two attached hydrogens (primary N) is 1. The summed E-state index contributed by atoms with van der Waals surface area (Å²) in [4.78, 5) is 0. The quantitative estimate of drug-likeness (QED) is 0.569. The Kier molecular flexibility index (Phi) is 5.30. The molecule has 0 saturated carbocycles. The van der Waals surface area contributed by atoms with Gasteiger partial charge in [-0.15, -0.1) is 12.4 Å². The highest BCUT2D eigenvalue weighted by Gasteiger charge is 2.07. The normalized spacial score (nSPS) is 11.9. The summed E-state index contributed by atoms with van der Waals surface area (Å²) in [7, 11) is 0. The van der Waals surface area contributed by atoms with Crippen LogP contribution >= 0.6 is 12.4 Å². The number of phenols is 2. The van der Waals surface area contributed by atoms with Gasteiger partial charge in [-0.05, 0) is 24.1 Å². The van der Waals surface area contributed by atoms with E-state index in [1.165, 1.54) is 12.1 Å². The van der Waals surface area contributed by atoms with Gasteiger partial charge in [0.2, 0.25) is 0 Å². The molecule has 80 valence electrons. The predicted molar refractivity (Wildman–Crippen MR) is 55.7 cm³/mol. The fourth-order valence-corrected chi connectivity index (χ4v) is 1.08. The zero-order valence-corrected chi connectivity index (χ0v) is 8.37. The van der Waals surface area contributed by atoms with Gasteiger partial charge < -0.3 is 21.1 Å². The summed E-state index contributed by atoms with van der Waals surface area (Å²) in [5.74, 6) is -0.356. The Morgan fingerprint density at radius 2 is 1.86 bits per heavy atom. The summed E-state index contributed by atoms with van der Waals surface area (Å²) in [6.45, 7) is 0.00278. The van der Waals surface area contributed by atoms with E-state index in [1.807, 2.05) is 0 Å². The standard InChI is InChI=1S/C9H13NO3.ClH/c10-7(3-4-11)6-1-2-8(12)9(13)5-6;/h1-2,5,7,11-13H,3-4,10H2;1H/t7-;/m0./s1. The number of halogens is 1. The lowest BCUT2D eigenvalue weighted by Gasteiger charge is -2.10. The molecule has 0 spiro atoms. The number of aromatic hydroxyl groups is 2. The maximum atomic E-state index is 9.15. The molecule has 0 bridgehead atoms. The van der Waals surface area contributed by atoms with Crippen LogP contribution in [0.5, 0.6) is 11.5 Å². The van der Waals surface area contributed by atoms with E-state index in [4.69, 9.17) is 21.1 Å². The van der Waals surface area contributed by atoms with Gasteiger partial charge in [0.15, 0.2) is 11.5 Å². The lowest BCUT2D eigenvalue weighted by atomic mass is 10.0. The Labute approximate surface area is 88.4 Å². The second kappa shape index (κ2) is 5.70. The smallest absolute Gasteiger partial charge is 0.157 e. The van der Waals surface area contributed by atoms with Crippen molar-refractivity contribution in [2.24, 2.45) is 5.73 Å². The Hall–Kier alpha value is -0.970. The Morgan fingerprint density at radius 1 is 1.21 bits per heavy atom. The predicted octanol–water partition coefficient (Wildman–Crippen LogP) is 0.902. The number of aliphatic hydroxyl groups excluding tert-OH is 1. The van der Waals surface area contributed by atoms with Crippen molar-refractivity contribution in [1.82, 2.24) is 0 Å². The Bertz CT molecular complexity index is 293. The van der Waals surface area contributed by atoms with Crippen molar-refractivity contribution in [2.45, 2.75) is 12.5 Å². The first-order chi connectivity index (χ1) is 6.15. The van der Waals surface area contributed by atoms with Crippen molar-refractivity contribution < 1.29 is 15.3 Å². The van der Waals surface area contributed by atoms with E-state index in [0.29, 0.717) is 12.0 Å². The largest absolute Gasteiger partial charge is 0.504 e. The van der Waals surface area contributed by atoms with E-state index in [9.17, 15) is 0 Å². The molecule has 5 N–H and O–H groups in total. The molecule has 0 saturated heterocycles. The zero-order chi connectivity index (χ0) is 9.84. The number of hydrogen-bond acceptors (Lipinski definition) is 4. The second-order valence-corrected chi connectivity index (χ2v) is 2.87. The van der Waals surface area contributed by atoms with Crippen molar-refractivity contribution >= 4 is 12.4 Å². The molecule has 0 aliphatic carbocycles. The molecule has 4 nitrogen and oxygen atoms in total. The molecule has 0 radical (unpaired) electrons. The number of aliphatic hydroxyl groups is 1. The lowest BCUT2D eigenvalue weighted by molar-refractivity contribution is 0.276. The van der Waals surface area contributed by atoms with Crippen molar-refractivity contribution in [3.63, 3.8) is 0 Å². The Balaban J connectivity index is 0.00000169. The van der Waals surface area contributed by atoms with E-state index in [-0.39, 0.29) is 36.6 Å². The van der Waals surface area contributed by atoms with Gasteiger partial charge in [-0.2, -0.15) is 0 Å². The van der Waals surface area contributed by atoms with Gasteiger partial charge in [0.1, 0.15) is 0 Å². The van der Waals surface area contributed by atoms with E-state index < -0.39 is 0 Å². The molecule has 5 heteroatoms. The minimum Gasteiger partial charge on any atom is -0.504 e. The van der Waals surface area contributed by atoms with Crippen LogP contribution in [0.2, 0.25) is 0 Å². The summed E-state index contributed by atoms with van der Waals surface area (Å²) in [5, 5.41) is 26.8. The molecule has 0 amide bonds. The molecular weight excluding hydrogens is 206 g/mol. The molecule has 0 aliphatic rings. The summed E-state index contributed by atoms with van der Waals surface area (Å²) in [6, 6.07) is 4.09. The first-order valence-corrected chi connectivity index (χ1v) is 4.03. The van der Waals surface area contributed by atoms with Crippen molar-refractivity contribution in [2.75, 3.05) is 6.61 Å². The molecular formula is C9H14ClNO3. The van der Waals surface area contributed by atoms with E-state index in [1.54, 1.807) is 6.07 Å². The third-order valence-electron chi connectivity index (χ3n) is 1.87. The van der Waals surface area contributed by atoms with Gasteiger partial charge in [-0.1, -0.05) is 6.07 Å². The van der Waals surface area contributed by atoms with Crippen LogP contribution in [-0.2, 0) is 0 Å². The molecule has 1 aromatic rings. The van der Waals surface area contributed by atoms with Crippen LogP contribution in [-0.4, -0.2) is 21.9 Å². The third kappa shape index (κ3) is 3.06. The van der Waals surface area contributed by atoms with Crippen molar-refractivity contribution in [3.8, 4) is 11.5 Å². The van der Waals surface area contributed by atoms with Gasteiger partial charge in [0.25, 0.3) is 0 Å². The van der Waals surface area contributed by atoms with Crippen molar-refractivity contribution in [3.05, 3.63) is 23.8 Å². The van der Waals surface area contributed by atoms with Gasteiger partial charge in [0.05, 0.1) is 0 Å². The SMILES string of the molecule is Cl.N[C@@H](CCO)c1ccc(O)c(O)c1. The van der Waals surface area contributed by atoms with Crippen molar-refractivity contribution in [1.29, 1.82) is 0 Å². The minimum atomic E-state index is -0.309. The molecule has 1 rings (SSSR count). The molecule has 1 atom stereocenters. The highest BCUT2D eigenvalue weighted by Crippen LogP contribution is 2.27. The monoisotopic (exact) mass is 219 g/mol. The van der Waals surface area contributed by atoms with Gasteiger partial charge >= 0.3 is 0 Å². The van der Waals surface area contributed by atoms with Crippen LogP contribution in [0.25, 0.3) is 0 Å². The third-order valence-corrected chi connectivity index (χ3v) is 1.87. The van der Waals surface area contributed by atoms with Crippen LogP contribution in [0.4, 0.5) is 0 Å². The maximum absolute atomic E-state index is 9.15. The highest BCUT2D eigenvalue weighted by molar-refractivity contribution is 5.85. The molecule has 1 aromatic carbocycles. The molecule has 0 heterocycles. The van der Waals surface area contributed by atoms with E-state index >= 15 is 0 Å². The highest BCUT2D eigenvalue weighted by atomic mass is 35.5. The zero-order valence-electron chi connectivity index (χ0n) is 7.55. The first kappa shape index (κ1) is 13.0. The number of hydrogen-bond donors (Lipinski definition) is 4. The average Bonchev–Trinajstić information content (AvgIpc) is 2.10. The van der Waals surface area contributed by atoms with Crippen LogP contribution in [0.15, 0.2) is 18.2 Å². The van der Waals surface area contributed by atoms with Crippen LogP contribution in [0.1, 0.15) is 18.0 Å². The molecule has 0 fully saturated rings. The second-order valence-electron chi connectivity index (χ2n) is 2.87. The minimum absolute atomic E-state index is 0. The van der Waals surface area contributed by atoms with Gasteiger partial charge in [-0.25, -0.2) is 0 Å². The number of benzene rings is 1. The van der Waals surface area contributed by atoms with Crippen LogP contribution in [0.3, 0.4) is 0 Å². The summed E-state index contributed by atoms with van der Waals surface area (Å²) >= 11 is 0. The fourth-order valence-electron chi connectivity index (χ4n) is 1.08. The maximum Gasteiger partial charge on any atom is 0.157 e. The topological polar surface area (TPSA) is 86.7 Å². The lowest BCUT2D eigenvalue weighted by Crippen LogP contribution is -2.11. The number of phenolic OH excluding ortho intramolecular Hbond substituents is 2. The molecule has 0 aliphatic heterocycles. The molecule has 14 heavy (non-hydrogen) atoms. The fraction of sp³-hybridized carbons (Fsp3) is 0.333. The summed E-state index contributed by atoms with van der Waals surface area (Å²) in [5.41, 5.74) is 6.37. The van der Waals surface area contributed by atoms with Crippen LogP contribution in [0, 0.1) is 0 Å². The van der Waals surface area contributed by atoms with Gasteiger partial charge in [-0.3, -0.25) is 0 Å². The first-order valence-electron chi connectivity index (χ1n) is 4.03. The molecule has 0 unspecified atom stereocenters. The van der Waals surface area contributed by atoms with E-state index in [0.717, 1.165) is 0 Å². The number of rotatable bonds is 3. The molecule has 0 aromatic heterocycles. The average molecular weight is 220 g/mol. The van der Waals surface area contributed by atoms with E-state index in [2.05, 4.69) is 0 Å². The van der Waals surface area contributed by atoms with Gasteiger partial charge in [0, 0.05) is 12.6 Å². The van der Waals surface area contributed by atoms with Crippen LogP contribution < -0.4 is 5.73 Å². The Morgan fingerprint density at radius 3 is 2.36 bits per heavy atom.